The van der Waals surface area contributed by atoms with E-state index in [1.807, 2.05) is 30.3 Å². The second-order valence-electron chi connectivity index (χ2n) is 7.77. The Balaban J connectivity index is 1.52. The molecule has 1 atom stereocenters. The fourth-order valence-corrected chi connectivity index (χ4v) is 6.73. The second kappa shape index (κ2) is 9.21. The molecular formula is C22H22N2O5S3. The number of amides is 2. The third kappa shape index (κ3) is 5.13. The standard InChI is InChI=1S/C22H22N2O5S3/c1-15-7-8-18(29-15)12-23(17-9-10-32(27,28)14-17)20(25)13-24-21(26)19(31-22(24)30)11-16-5-3-2-4-6-16/h2-8,11,17H,9-10,12-14H2,1H3/b19-11-. The maximum atomic E-state index is 13.3. The van der Waals surface area contributed by atoms with Crippen LogP contribution in [0.15, 0.2) is 51.8 Å². The quantitative estimate of drug-likeness (QED) is 0.454. The van der Waals surface area contributed by atoms with E-state index in [-0.39, 0.29) is 36.4 Å². The topological polar surface area (TPSA) is 87.9 Å². The Bertz CT molecular complexity index is 1190. The highest BCUT2D eigenvalue weighted by Gasteiger charge is 2.38. The maximum Gasteiger partial charge on any atom is 0.266 e. The van der Waals surface area contributed by atoms with Crippen molar-refractivity contribution in [2.24, 2.45) is 0 Å². The van der Waals surface area contributed by atoms with E-state index in [0.717, 1.165) is 17.3 Å². The van der Waals surface area contributed by atoms with E-state index in [1.165, 1.54) is 9.80 Å². The van der Waals surface area contributed by atoms with E-state index in [2.05, 4.69) is 0 Å². The van der Waals surface area contributed by atoms with Crippen LogP contribution in [0.5, 0.6) is 0 Å². The zero-order valence-corrected chi connectivity index (χ0v) is 19.8. The molecule has 2 saturated heterocycles. The molecule has 3 heterocycles. The summed E-state index contributed by atoms with van der Waals surface area (Å²) in [6.45, 7) is 1.70. The average molecular weight is 491 g/mol. The van der Waals surface area contributed by atoms with Crippen molar-refractivity contribution < 1.29 is 22.4 Å². The summed E-state index contributed by atoms with van der Waals surface area (Å²) in [5.41, 5.74) is 0.866. The first-order valence-electron chi connectivity index (χ1n) is 10.1. The summed E-state index contributed by atoms with van der Waals surface area (Å²) in [5.74, 6) is 0.525. The Morgan fingerprint density at radius 1 is 1.28 bits per heavy atom. The maximum absolute atomic E-state index is 13.3. The molecule has 0 radical (unpaired) electrons. The largest absolute Gasteiger partial charge is 0.464 e. The van der Waals surface area contributed by atoms with Crippen LogP contribution in [-0.4, -0.2) is 58.4 Å². The highest BCUT2D eigenvalue weighted by Crippen LogP contribution is 2.33. The van der Waals surface area contributed by atoms with Gasteiger partial charge in [-0.25, -0.2) is 8.42 Å². The summed E-state index contributed by atoms with van der Waals surface area (Å²) >= 11 is 6.52. The first-order valence-corrected chi connectivity index (χ1v) is 13.1. The SMILES string of the molecule is Cc1ccc(CN(C(=O)CN2C(=O)/C(=C/c3ccccc3)SC2=S)C2CCS(=O)(=O)C2)o1. The van der Waals surface area contributed by atoms with Gasteiger partial charge < -0.3 is 9.32 Å². The predicted octanol–water partition coefficient (Wildman–Crippen LogP) is 3.01. The van der Waals surface area contributed by atoms with Crippen molar-refractivity contribution in [1.29, 1.82) is 0 Å². The van der Waals surface area contributed by atoms with Crippen LogP contribution in [0.3, 0.4) is 0 Å². The molecule has 1 aromatic carbocycles. The monoisotopic (exact) mass is 490 g/mol. The summed E-state index contributed by atoms with van der Waals surface area (Å²) in [7, 11) is -3.20. The van der Waals surface area contributed by atoms with E-state index in [4.69, 9.17) is 16.6 Å². The smallest absolute Gasteiger partial charge is 0.266 e. The van der Waals surface area contributed by atoms with Crippen molar-refractivity contribution in [2.75, 3.05) is 18.1 Å². The molecular weight excluding hydrogens is 468 g/mol. The van der Waals surface area contributed by atoms with Crippen molar-refractivity contribution in [1.82, 2.24) is 9.80 Å². The summed E-state index contributed by atoms with van der Waals surface area (Å²) in [6.07, 6.45) is 2.11. The molecule has 2 aliphatic rings. The van der Waals surface area contributed by atoms with Gasteiger partial charge in [0.1, 0.15) is 22.4 Å². The minimum atomic E-state index is -3.20. The van der Waals surface area contributed by atoms with Gasteiger partial charge in [0.05, 0.1) is 23.0 Å². The number of thiocarbonyl (C=S) groups is 1. The van der Waals surface area contributed by atoms with E-state index in [0.29, 0.717) is 27.2 Å². The molecule has 0 bridgehead atoms. The number of carbonyl (C=O) groups excluding carboxylic acids is 2. The van der Waals surface area contributed by atoms with Gasteiger partial charge in [-0.3, -0.25) is 14.5 Å². The molecule has 4 rings (SSSR count). The van der Waals surface area contributed by atoms with Crippen LogP contribution in [0.25, 0.3) is 6.08 Å². The van der Waals surface area contributed by atoms with Gasteiger partial charge in [0.25, 0.3) is 5.91 Å². The van der Waals surface area contributed by atoms with Gasteiger partial charge in [-0.05, 0) is 37.1 Å². The van der Waals surface area contributed by atoms with E-state index >= 15 is 0 Å². The van der Waals surface area contributed by atoms with Crippen LogP contribution in [-0.2, 0) is 26.0 Å². The molecule has 1 unspecified atom stereocenters. The van der Waals surface area contributed by atoms with Gasteiger partial charge in [0.15, 0.2) is 9.84 Å². The number of furan rings is 1. The number of thioether (sulfide) groups is 1. The van der Waals surface area contributed by atoms with Gasteiger partial charge in [-0.15, -0.1) is 0 Å². The average Bonchev–Trinajstić information content (AvgIpc) is 3.40. The van der Waals surface area contributed by atoms with Gasteiger partial charge in [-0.2, -0.15) is 0 Å². The Kier molecular flexibility index (Phi) is 6.55. The van der Waals surface area contributed by atoms with Crippen LogP contribution in [0.4, 0.5) is 0 Å². The molecule has 2 aliphatic heterocycles. The molecule has 32 heavy (non-hydrogen) atoms. The molecule has 2 fully saturated rings. The zero-order valence-electron chi connectivity index (χ0n) is 17.4. The fraction of sp³-hybridized carbons (Fsp3) is 0.318. The van der Waals surface area contributed by atoms with Crippen molar-refractivity contribution in [3.8, 4) is 0 Å². The van der Waals surface area contributed by atoms with Crippen molar-refractivity contribution in [3.63, 3.8) is 0 Å². The van der Waals surface area contributed by atoms with Gasteiger partial charge >= 0.3 is 0 Å². The van der Waals surface area contributed by atoms with Crippen LogP contribution in [0, 0.1) is 6.92 Å². The van der Waals surface area contributed by atoms with Gasteiger partial charge in [0.2, 0.25) is 5.91 Å². The number of hydrogen-bond acceptors (Lipinski definition) is 7. The van der Waals surface area contributed by atoms with Crippen LogP contribution in [0.1, 0.15) is 23.5 Å². The third-order valence-corrected chi connectivity index (χ3v) is 8.48. The third-order valence-electron chi connectivity index (χ3n) is 5.36. The Hall–Kier alpha value is -2.43. The van der Waals surface area contributed by atoms with Crippen molar-refractivity contribution in [3.05, 3.63) is 64.5 Å². The second-order valence-corrected chi connectivity index (χ2v) is 11.7. The fourth-order valence-electron chi connectivity index (χ4n) is 3.74. The summed E-state index contributed by atoms with van der Waals surface area (Å²) < 4.78 is 30.0. The Morgan fingerprint density at radius 3 is 2.66 bits per heavy atom. The molecule has 10 heteroatoms. The van der Waals surface area contributed by atoms with Gasteiger partial charge in [-0.1, -0.05) is 54.3 Å². The summed E-state index contributed by atoms with van der Waals surface area (Å²) in [6, 6.07) is 12.5. The zero-order chi connectivity index (χ0) is 22.9. The number of aryl methyl sites for hydroxylation is 1. The highest BCUT2D eigenvalue weighted by atomic mass is 32.2. The number of rotatable bonds is 6. The number of nitrogens with zero attached hydrogens (tertiary/aromatic N) is 2. The molecule has 0 aliphatic carbocycles. The van der Waals surface area contributed by atoms with Crippen molar-refractivity contribution >= 4 is 56.0 Å². The lowest BCUT2D eigenvalue weighted by Crippen LogP contribution is -2.46. The Labute approximate surface area is 196 Å². The predicted molar refractivity (Wildman–Crippen MR) is 127 cm³/mol. The van der Waals surface area contributed by atoms with E-state index in [9.17, 15) is 18.0 Å². The summed E-state index contributed by atoms with van der Waals surface area (Å²) in [4.78, 5) is 29.4. The van der Waals surface area contributed by atoms with Crippen molar-refractivity contribution in [2.45, 2.75) is 25.9 Å². The van der Waals surface area contributed by atoms with Crippen LogP contribution >= 0.6 is 24.0 Å². The Morgan fingerprint density at radius 2 is 2.03 bits per heavy atom. The minimum absolute atomic E-state index is 0.0412. The van der Waals surface area contributed by atoms with Gasteiger partial charge in [0, 0.05) is 6.04 Å². The molecule has 7 nitrogen and oxygen atoms in total. The number of sulfone groups is 1. The number of benzene rings is 1. The van der Waals surface area contributed by atoms with Crippen LogP contribution < -0.4 is 0 Å². The van der Waals surface area contributed by atoms with E-state index in [1.54, 1.807) is 25.1 Å². The van der Waals surface area contributed by atoms with Crippen LogP contribution in [0.2, 0.25) is 0 Å². The molecule has 0 spiro atoms. The molecule has 2 aromatic rings. The minimum Gasteiger partial charge on any atom is -0.464 e. The first-order chi connectivity index (χ1) is 15.2. The lowest BCUT2D eigenvalue weighted by molar-refractivity contribution is -0.137. The molecule has 1 aromatic heterocycles. The molecule has 0 N–H and O–H groups in total. The lowest BCUT2D eigenvalue weighted by Gasteiger charge is -2.29. The number of hydrogen-bond donors (Lipinski definition) is 0. The molecule has 0 saturated carbocycles. The molecule has 168 valence electrons. The van der Waals surface area contributed by atoms with E-state index < -0.39 is 15.9 Å². The summed E-state index contributed by atoms with van der Waals surface area (Å²) in [5, 5.41) is 0. The lowest BCUT2D eigenvalue weighted by atomic mass is 10.2. The normalized spacial score (nSPS) is 21.5. The highest BCUT2D eigenvalue weighted by molar-refractivity contribution is 8.26. The molecule has 2 amide bonds. The first kappa shape index (κ1) is 22.8. The number of carbonyl (C=O) groups is 2.